The van der Waals surface area contributed by atoms with Gasteiger partial charge in [-0.2, -0.15) is 0 Å². The molecule has 0 aliphatic carbocycles. The Labute approximate surface area is 163 Å². The van der Waals surface area contributed by atoms with E-state index in [2.05, 4.69) is 44.3 Å². The van der Waals surface area contributed by atoms with E-state index in [9.17, 15) is 4.79 Å². The number of nitrogens with one attached hydrogen (secondary N) is 1. The van der Waals surface area contributed by atoms with Gasteiger partial charge in [-0.25, -0.2) is 0 Å². The molecule has 1 amide bonds. The van der Waals surface area contributed by atoms with Crippen LogP contribution in [0.25, 0.3) is 0 Å². The van der Waals surface area contributed by atoms with E-state index in [1.54, 1.807) is 0 Å². The Balaban J connectivity index is 1.45. The summed E-state index contributed by atoms with van der Waals surface area (Å²) in [6.45, 7) is 5.91. The fourth-order valence-corrected chi connectivity index (χ4v) is 3.39. The summed E-state index contributed by atoms with van der Waals surface area (Å²) in [4.78, 5) is 14.5. The van der Waals surface area contributed by atoms with Crippen molar-refractivity contribution < 1.29 is 9.53 Å². The molecule has 2 aromatic rings. The fraction of sp³-hybridized carbons (Fsp3) is 0.381. The molecule has 1 saturated heterocycles. The number of ether oxygens (including phenoxy) is 1. The Kier molecular flexibility index (Phi) is 6.69. The Morgan fingerprint density at radius 1 is 1.15 bits per heavy atom. The van der Waals surface area contributed by atoms with Crippen LogP contribution in [0.15, 0.2) is 46.9 Å². The van der Waals surface area contributed by atoms with E-state index < -0.39 is 0 Å². The van der Waals surface area contributed by atoms with E-state index in [0.29, 0.717) is 12.3 Å². The SMILES string of the molecule is Cc1cc(OCC(=O)NCc2cccc(CN3CCCC3)c2)ccc1Br. The molecule has 4 nitrogen and oxygen atoms in total. The standard InChI is InChI=1S/C21H25BrN2O2/c1-16-11-19(7-8-20(16)22)26-15-21(25)23-13-17-5-4-6-18(12-17)14-24-9-2-3-10-24/h4-8,11-12H,2-3,9-10,13-15H2,1H3,(H,23,25). The smallest absolute Gasteiger partial charge is 0.258 e. The predicted octanol–water partition coefficient (Wildman–Crippen LogP) is 4.05. The molecule has 26 heavy (non-hydrogen) atoms. The first-order valence-corrected chi connectivity index (χ1v) is 9.85. The number of likely N-dealkylation sites (tertiary alicyclic amines) is 1. The second-order valence-electron chi connectivity index (χ2n) is 6.78. The number of carbonyl (C=O) groups is 1. The van der Waals surface area contributed by atoms with E-state index in [-0.39, 0.29) is 12.5 Å². The Bertz CT molecular complexity index is 757. The van der Waals surface area contributed by atoms with Crippen molar-refractivity contribution in [2.75, 3.05) is 19.7 Å². The third kappa shape index (κ3) is 5.58. The van der Waals surface area contributed by atoms with Crippen molar-refractivity contribution >= 4 is 21.8 Å². The van der Waals surface area contributed by atoms with Gasteiger partial charge >= 0.3 is 0 Å². The van der Waals surface area contributed by atoms with Gasteiger partial charge in [-0.3, -0.25) is 9.69 Å². The van der Waals surface area contributed by atoms with Crippen LogP contribution in [0.4, 0.5) is 0 Å². The molecular formula is C21H25BrN2O2. The number of amides is 1. The van der Waals surface area contributed by atoms with Crippen LogP contribution >= 0.6 is 15.9 Å². The molecule has 2 aromatic carbocycles. The van der Waals surface area contributed by atoms with Crippen molar-refractivity contribution in [3.63, 3.8) is 0 Å². The van der Waals surface area contributed by atoms with Crippen LogP contribution in [-0.4, -0.2) is 30.5 Å². The zero-order chi connectivity index (χ0) is 18.4. The minimum Gasteiger partial charge on any atom is -0.484 e. The van der Waals surface area contributed by atoms with E-state index in [1.165, 1.54) is 31.5 Å². The summed E-state index contributed by atoms with van der Waals surface area (Å²) < 4.78 is 6.60. The van der Waals surface area contributed by atoms with Crippen LogP contribution in [0.2, 0.25) is 0 Å². The topological polar surface area (TPSA) is 41.6 Å². The molecule has 1 N–H and O–H groups in total. The fourth-order valence-electron chi connectivity index (χ4n) is 3.14. The Morgan fingerprint density at radius 3 is 2.69 bits per heavy atom. The molecule has 0 saturated carbocycles. The summed E-state index contributed by atoms with van der Waals surface area (Å²) in [7, 11) is 0. The average molecular weight is 417 g/mol. The van der Waals surface area contributed by atoms with Gasteiger partial charge in [-0.1, -0.05) is 40.2 Å². The van der Waals surface area contributed by atoms with E-state index in [1.807, 2.05) is 31.2 Å². The lowest BCUT2D eigenvalue weighted by Gasteiger charge is -2.15. The van der Waals surface area contributed by atoms with Crippen molar-refractivity contribution in [2.45, 2.75) is 32.9 Å². The van der Waals surface area contributed by atoms with Gasteiger partial charge in [0.25, 0.3) is 5.91 Å². The van der Waals surface area contributed by atoms with Gasteiger partial charge in [-0.15, -0.1) is 0 Å². The summed E-state index contributed by atoms with van der Waals surface area (Å²) in [5.74, 6) is 0.587. The first-order chi connectivity index (χ1) is 12.6. The van der Waals surface area contributed by atoms with Crippen LogP contribution in [0.3, 0.4) is 0 Å². The number of halogens is 1. The molecule has 1 fully saturated rings. The maximum absolute atomic E-state index is 12.1. The van der Waals surface area contributed by atoms with Crippen LogP contribution in [0.5, 0.6) is 5.75 Å². The number of benzene rings is 2. The van der Waals surface area contributed by atoms with Crippen molar-refractivity contribution in [3.8, 4) is 5.75 Å². The van der Waals surface area contributed by atoms with Crippen molar-refractivity contribution in [1.82, 2.24) is 10.2 Å². The Hall–Kier alpha value is -1.85. The molecule has 0 aromatic heterocycles. The summed E-state index contributed by atoms with van der Waals surface area (Å²) in [5.41, 5.74) is 3.51. The first kappa shape index (κ1) is 18.9. The van der Waals surface area contributed by atoms with Crippen molar-refractivity contribution in [2.24, 2.45) is 0 Å². The number of rotatable bonds is 7. The zero-order valence-corrected chi connectivity index (χ0v) is 16.7. The largest absolute Gasteiger partial charge is 0.484 e. The van der Waals surface area contributed by atoms with E-state index in [0.717, 1.165) is 22.1 Å². The van der Waals surface area contributed by atoms with Gasteiger partial charge in [0.05, 0.1) is 0 Å². The molecule has 0 bridgehead atoms. The molecule has 1 aliphatic heterocycles. The second kappa shape index (κ2) is 9.19. The normalized spacial score (nSPS) is 14.4. The lowest BCUT2D eigenvalue weighted by Crippen LogP contribution is -2.28. The highest BCUT2D eigenvalue weighted by atomic mass is 79.9. The van der Waals surface area contributed by atoms with Crippen LogP contribution in [0, 0.1) is 6.92 Å². The number of aryl methyl sites for hydroxylation is 1. The lowest BCUT2D eigenvalue weighted by molar-refractivity contribution is -0.123. The molecule has 3 rings (SSSR count). The monoisotopic (exact) mass is 416 g/mol. The van der Waals surface area contributed by atoms with Gasteiger partial charge < -0.3 is 10.1 Å². The van der Waals surface area contributed by atoms with Gasteiger partial charge in [0.2, 0.25) is 0 Å². The quantitative estimate of drug-likeness (QED) is 0.739. The summed E-state index contributed by atoms with van der Waals surface area (Å²) in [6, 6.07) is 14.1. The molecule has 5 heteroatoms. The first-order valence-electron chi connectivity index (χ1n) is 9.06. The molecule has 138 valence electrons. The number of nitrogens with zero attached hydrogens (tertiary/aromatic N) is 1. The molecule has 0 radical (unpaired) electrons. The molecule has 0 unspecified atom stereocenters. The van der Waals surface area contributed by atoms with E-state index >= 15 is 0 Å². The number of hydrogen-bond donors (Lipinski definition) is 1. The van der Waals surface area contributed by atoms with Gasteiger partial charge in [0.15, 0.2) is 6.61 Å². The number of carbonyl (C=O) groups excluding carboxylic acids is 1. The molecule has 0 atom stereocenters. The number of hydrogen-bond acceptors (Lipinski definition) is 3. The summed E-state index contributed by atoms with van der Waals surface area (Å²) in [6.07, 6.45) is 2.60. The van der Waals surface area contributed by atoms with Crippen LogP contribution in [0.1, 0.15) is 29.5 Å². The van der Waals surface area contributed by atoms with Crippen LogP contribution < -0.4 is 10.1 Å². The molecule has 0 spiro atoms. The molecule has 1 heterocycles. The predicted molar refractivity (Wildman–Crippen MR) is 107 cm³/mol. The molecular weight excluding hydrogens is 392 g/mol. The third-order valence-corrected chi connectivity index (χ3v) is 5.48. The van der Waals surface area contributed by atoms with Gasteiger partial charge in [-0.05, 0) is 67.7 Å². The highest BCUT2D eigenvalue weighted by Gasteiger charge is 2.12. The highest BCUT2D eigenvalue weighted by molar-refractivity contribution is 9.10. The maximum Gasteiger partial charge on any atom is 0.258 e. The highest BCUT2D eigenvalue weighted by Crippen LogP contribution is 2.21. The van der Waals surface area contributed by atoms with Crippen molar-refractivity contribution in [3.05, 3.63) is 63.6 Å². The lowest BCUT2D eigenvalue weighted by atomic mass is 10.1. The van der Waals surface area contributed by atoms with Gasteiger partial charge in [0, 0.05) is 17.6 Å². The summed E-state index contributed by atoms with van der Waals surface area (Å²) >= 11 is 3.46. The maximum atomic E-state index is 12.1. The minimum absolute atomic E-state index is 0.0224. The van der Waals surface area contributed by atoms with Crippen molar-refractivity contribution in [1.29, 1.82) is 0 Å². The molecule has 1 aliphatic rings. The van der Waals surface area contributed by atoms with E-state index in [4.69, 9.17) is 4.74 Å². The summed E-state index contributed by atoms with van der Waals surface area (Å²) in [5, 5.41) is 2.93. The zero-order valence-electron chi connectivity index (χ0n) is 15.1. The Morgan fingerprint density at radius 2 is 1.92 bits per heavy atom. The van der Waals surface area contributed by atoms with Gasteiger partial charge in [0.1, 0.15) is 5.75 Å². The average Bonchev–Trinajstić information content (AvgIpc) is 3.14. The minimum atomic E-state index is -0.115. The second-order valence-corrected chi connectivity index (χ2v) is 7.63. The third-order valence-electron chi connectivity index (χ3n) is 4.59. The van der Waals surface area contributed by atoms with Crippen LogP contribution in [-0.2, 0) is 17.9 Å².